The van der Waals surface area contributed by atoms with Gasteiger partial charge in [-0.2, -0.15) is 0 Å². The molecular weight excluding hydrogens is 288 g/mol. The van der Waals surface area contributed by atoms with Crippen molar-refractivity contribution in [2.24, 2.45) is 0 Å². The minimum absolute atomic E-state index is 0.0667. The van der Waals surface area contributed by atoms with Crippen molar-refractivity contribution < 1.29 is 13.5 Å². The molecule has 19 heavy (non-hydrogen) atoms. The molecule has 108 valence electrons. The van der Waals surface area contributed by atoms with Gasteiger partial charge in [-0.1, -0.05) is 18.5 Å². The highest BCUT2D eigenvalue weighted by Crippen LogP contribution is 2.26. The average Bonchev–Trinajstić information content (AvgIpc) is 2.32. The van der Waals surface area contributed by atoms with Crippen molar-refractivity contribution in [1.29, 1.82) is 0 Å². The normalized spacial score (nSPS) is 13.5. The van der Waals surface area contributed by atoms with Crippen LogP contribution in [0.5, 0.6) is 0 Å². The Morgan fingerprint density at radius 2 is 2.11 bits per heavy atom. The Kier molecular flexibility index (Phi) is 5.61. The smallest absolute Gasteiger partial charge is 0.241 e. The number of nitrogens with two attached hydrogens (primary N) is 1. The fourth-order valence-corrected chi connectivity index (χ4v) is 3.58. The lowest BCUT2D eigenvalue weighted by Crippen LogP contribution is -2.35. The average molecular weight is 307 g/mol. The van der Waals surface area contributed by atoms with Crippen molar-refractivity contribution in [3.63, 3.8) is 0 Å². The van der Waals surface area contributed by atoms with E-state index in [1.165, 1.54) is 12.1 Å². The number of benzene rings is 1. The van der Waals surface area contributed by atoms with Gasteiger partial charge in [0, 0.05) is 12.6 Å². The van der Waals surface area contributed by atoms with Crippen LogP contribution in [0.15, 0.2) is 17.0 Å². The Balaban J connectivity index is 3.10. The van der Waals surface area contributed by atoms with Gasteiger partial charge in [0.2, 0.25) is 10.0 Å². The van der Waals surface area contributed by atoms with Crippen LogP contribution in [-0.4, -0.2) is 26.2 Å². The fourth-order valence-electron chi connectivity index (χ4n) is 1.74. The largest absolute Gasteiger partial charge is 0.397 e. The number of hydrogen-bond acceptors (Lipinski definition) is 4. The molecule has 0 radical (unpaired) electrons. The summed E-state index contributed by atoms with van der Waals surface area (Å²) in [5.74, 6) is 0. The third-order valence-corrected chi connectivity index (χ3v) is 4.87. The number of sulfonamides is 1. The van der Waals surface area contributed by atoms with E-state index in [1.807, 2.05) is 6.92 Å². The maximum Gasteiger partial charge on any atom is 0.241 e. The summed E-state index contributed by atoms with van der Waals surface area (Å²) in [5.41, 5.74) is 6.40. The first-order valence-corrected chi connectivity index (χ1v) is 7.86. The van der Waals surface area contributed by atoms with E-state index in [-0.39, 0.29) is 23.2 Å². The molecule has 0 aromatic heterocycles. The van der Waals surface area contributed by atoms with E-state index in [4.69, 9.17) is 22.4 Å². The summed E-state index contributed by atoms with van der Waals surface area (Å²) >= 11 is 5.85. The zero-order valence-electron chi connectivity index (χ0n) is 11.0. The molecule has 1 atom stereocenters. The summed E-state index contributed by atoms with van der Waals surface area (Å²) in [5, 5.41) is 9.23. The van der Waals surface area contributed by atoms with Crippen LogP contribution >= 0.6 is 11.6 Å². The molecule has 5 nitrogen and oxygen atoms in total. The first-order valence-electron chi connectivity index (χ1n) is 6.00. The van der Waals surface area contributed by atoms with Gasteiger partial charge < -0.3 is 10.8 Å². The van der Waals surface area contributed by atoms with Crippen LogP contribution < -0.4 is 10.5 Å². The molecule has 0 bridgehead atoms. The number of nitrogens with one attached hydrogen (secondary N) is 1. The fraction of sp³-hybridized carbons (Fsp3) is 0.500. The minimum atomic E-state index is -3.66. The maximum absolute atomic E-state index is 12.3. The third kappa shape index (κ3) is 4.07. The van der Waals surface area contributed by atoms with Crippen LogP contribution in [0, 0.1) is 6.92 Å². The van der Waals surface area contributed by atoms with Gasteiger partial charge in [-0.15, -0.1) is 0 Å². The van der Waals surface area contributed by atoms with Crippen molar-refractivity contribution in [3.05, 3.63) is 22.7 Å². The lowest BCUT2D eigenvalue weighted by molar-refractivity contribution is 0.270. The minimum Gasteiger partial charge on any atom is -0.397 e. The van der Waals surface area contributed by atoms with Crippen molar-refractivity contribution in [3.8, 4) is 0 Å². The first kappa shape index (κ1) is 16.2. The highest BCUT2D eigenvalue weighted by molar-refractivity contribution is 7.89. The molecule has 0 saturated carbocycles. The molecule has 1 unspecified atom stereocenters. The van der Waals surface area contributed by atoms with Gasteiger partial charge in [0.15, 0.2) is 0 Å². The lowest BCUT2D eigenvalue weighted by atomic mass is 10.2. The van der Waals surface area contributed by atoms with Crippen LogP contribution in [0.1, 0.15) is 25.3 Å². The van der Waals surface area contributed by atoms with Crippen molar-refractivity contribution in [1.82, 2.24) is 4.72 Å². The zero-order chi connectivity index (χ0) is 14.6. The van der Waals surface area contributed by atoms with Gasteiger partial charge in [0.25, 0.3) is 0 Å². The Morgan fingerprint density at radius 1 is 1.47 bits per heavy atom. The third-order valence-electron chi connectivity index (χ3n) is 2.88. The van der Waals surface area contributed by atoms with E-state index in [1.54, 1.807) is 6.92 Å². The number of aliphatic hydroxyl groups is 1. The predicted molar refractivity (Wildman–Crippen MR) is 76.7 cm³/mol. The Labute approximate surface area is 118 Å². The van der Waals surface area contributed by atoms with Gasteiger partial charge in [-0.05, 0) is 37.5 Å². The van der Waals surface area contributed by atoms with Gasteiger partial charge in [0.05, 0.1) is 15.6 Å². The second kappa shape index (κ2) is 6.56. The standard InChI is InChI=1S/C12H19ClN2O3S/c1-3-9(4-5-16)15-19(17,18)12-7-11(14)10(13)6-8(12)2/h6-7,9,15-16H,3-5,14H2,1-2H3. The summed E-state index contributed by atoms with van der Waals surface area (Å²) in [6, 6.07) is 2.58. The van der Waals surface area contributed by atoms with Crippen LogP contribution in [-0.2, 0) is 10.0 Å². The number of nitrogen functional groups attached to an aromatic ring is 1. The van der Waals surface area contributed by atoms with Crippen LogP contribution in [0.2, 0.25) is 5.02 Å². The maximum atomic E-state index is 12.3. The highest BCUT2D eigenvalue weighted by Gasteiger charge is 2.21. The molecule has 1 aromatic carbocycles. The van der Waals surface area contributed by atoms with E-state index in [9.17, 15) is 8.42 Å². The van der Waals surface area contributed by atoms with Crippen molar-refractivity contribution in [2.75, 3.05) is 12.3 Å². The monoisotopic (exact) mass is 306 g/mol. The molecular formula is C12H19ClN2O3S. The molecule has 0 saturated heterocycles. The Bertz CT molecular complexity index is 546. The number of halogens is 1. The van der Waals surface area contributed by atoms with E-state index in [2.05, 4.69) is 4.72 Å². The van der Waals surface area contributed by atoms with E-state index >= 15 is 0 Å². The zero-order valence-corrected chi connectivity index (χ0v) is 12.6. The molecule has 4 N–H and O–H groups in total. The first-order chi connectivity index (χ1) is 8.81. The van der Waals surface area contributed by atoms with Gasteiger partial charge in [-0.25, -0.2) is 13.1 Å². The number of hydrogen-bond donors (Lipinski definition) is 3. The summed E-state index contributed by atoms with van der Waals surface area (Å²) in [6.07, 6.45) is 0.972. The van der Waals surface area contributed by atoms with E-state index < -0.39 is 10.0 Å². The van der Waals surface area contributed by atoms with Gasteiger partial charge in [0.1, 0.15) is 0 Å². The molecule has 1 aromatic rings. The van der Waals surface area contributed by atoms with Crippen molar-refractivity contribution in [2.45, 2.75) is 37.6 Å². The summed E-state index contributed by atoms with van der Waals surface area (Å²) in [6.45, 7) is 3.45. The summed E-state index contributed by atoms with van der Waals surface area (Å²) in [4.78, 5) is 0.116. The predicted octanol–water partition coefficient (Wildman–Crippen LogP) is 1.67. The lowest BCUT2D eigenvalue weighted by Gasteiger charge is -2.17. The van der Waals surface area contributed by atoms with E-state index in [0.717, 1.165) is 0 Å². The highest BCUT2D eigenvalue weighted by atomic mass is 35.5. The molecule has 0 heterocycles. The Morgan fingerprint density at radius 3 is 2.63 bits per heavy atom. The molecule has 7 heteroatoms. The van der Waals surface area contributed by atoms with Crippen LogP contribution in [0.3, 0.4) is 0 Å². The number of anilines is 1. The second-order valence-electron chi connectivity index (χ2n) is 4.38. The topological polar surface area (TPSA) is 92.4 Å². The summed E-state index contributed by atoms with van der Waals surface area (Å²) in [7, 11) is -3.66. The Hall–Kier alpha value is -0.820. The second-order valence-corrected chi connectivity index (χ2v) is 6.47. The van der Waals surface area contributed by atoms with Gasteiger partial charge >= 0.3 is 0 Å². The van der Waals surface area contributed by atoms with Crippen LogP contribution in [0.4, 0.5) is 5.69 Å². The quantitative estimate of drug-likeness (QED) is 0.697. The number of aryl methyl sites for hydroxylation is 1. The van der Waals surface area contributed by atoms with Gasteiger partial charge in [-0.3, -0.25) is 0 Å². The van der Waals surface area contributed by atoms with Crippen molar-refractivity contribution >= 4 is 27.3 Å². The molecule has 0 aliphatic carbocycles. The molecule has 0 fully saturated rings. The molecule has 0 amide bonds. The summed E-state index contributed by atoms with van der Waals surface area (Å²) < 4.78 is 27.1. The van der Waals surface area contributed by atoms with Crippen LogP contribution in [0.25, 0.3) is 0 Å². The number of rotatable bonds is 6. The molecule has 0 aliphatic heterocycles. The number of aliphatic hydroxyl groups excluding tert-OH is 1. The molecule has 1 rings (SSSR count). The van der Waals surface area contributed by atoms with E-state index in [0.29, 0.717) is 23.4 Å². The SMILES string of the molecule is CCC(CCO)NS(=O)(=O)c1cc(N)c(Cl)cc1C. The molecule has 0 spiro atoms. The molecule has 0 aliphatic rings.